The quantitative estimate of drug-likeness (QED) is 0.589. The zero-order valence-electron chi connectivity index (χ0n) is 6.93. The second kappa shape index (κ2) is 2.29. The summed E-state index contributed by atoms with van der Waals surface area (Å²) in [5.41, 5.74) is -0.868. The van der Waals surface area contributed by atoms with Crippen molar-refractivity contribution in [2.45, 2.75) is 33.0 Å². The number of hydrogen-bond donors (Lipinski definition) is 1. The van der Waals surface area contributed by atoms with Gasteiger partial charge >= 0.3 is 5.97 Å². The Morgan fingerprint density at radius 1 is 1.30 bits per heavy atom. The highest BCUT2D eigenvalue weighted by molar-refractivity contribution is 6.17. The van der Waals surface area contributed by atoms with E-state index in [1.54, 1.807) is 27.7 Å². The first kappa shape index (κ1) is 9.53. The van der Waals surface area contributed by atoms with Crippen molar-refractivity contribution >= 4 is 13.8 Å². The summed E-state index contributed by atoms with van der Waals surface area (Å²) in [6, 6.07) is 0. The summed E-state index contributed by atoms with van der Waals surface area (Å²) in [6.07, 6.45) is 0. The number of aliphatic carboxylic acids is 1. The van der Waals surface area contributed by atoms with Gasteiger partial charge in [0, 0.05) is 0 Å². The molecule has 0 rings (SSSR count). The van der Waals surface area contributed by atoms with Crippen molar-refractivity contribution in [3.05, 3.63) is 0 Å². The topological polar surface area (TPSA) is 37.3 Å². The standard InChI is InChI=1S/C7H13BO2/c1-6(2,5(9)10)7(3,4)8/h1-4H3,(H,9,10). The normalized spacial score (nSPS) is 13.2. The largest absolute Gasteiger partial charge is 0.481 e. The highest BCUT2D eigenvalue weighted by Crippen LogP contribution is 2.41. The minimum atomic E-state index is -0.868. The van der Waals surface area contributed by atoms with Crippen molar-refractivity contribution in [2.24, 2.45) is 5.41 Å². The fraction of sp³-hybridized carbons (Fsp3) is 0.857. The third kappa shape index (κ3) is 1.52. The van der Waals surface area contributed by atoms with Crippen LogP contribution in [-0.4, -0.2) is 18.9 Å². The lowest BCUT2D eigenvalue weighted by Gasteiger charge is -2.34. The van der Waals surface area contributed by atoms with Gasteiger partial charge in [-0.05, 0) is 13.8 Å². The summed E-state index contributed by atoms with van der Waals surface area (Å²) in [7, 11) is 5.63. The lowest BCUT2D eigenvalue weighted by atomic mass is 9.56. The third-order valence-electron chi connectivity index (χ3n) is 2.15. The predicted molar refractivity (Wildman–Crippen MR) is 41.2 cm³/mol. The Kier molecular flexibility index (Phi) is 2.19. The first-order valence-electron chi connectivity index (χ1n) is 3.22. The monoisotopic (exact) mass is 140 g/mol. The van der Waals surface area contributed by atoms with E-state index in [1.165, 1.54) is 0 Å². The van der Waals surface area contributed by atoms with Gasteiger partial charge in [0.1, 0.15) is 0 Å². The Labute approximate surface area is 63.0 Å². The van der Waals surface area contributed by atoms with Crippen LogP contribution < -0.4 is 0 Å². The fourth-order valence-electron chi connectivity index (χ4n) is 0.276. The van der Waals surface area contributed by atoms with Gasteiger partial charge in [-0.15, -0.1) is 0 Å². The first-order chi connectivity index (χ1) is 4.19. The molecule has 0 unspecified atom stereocenters. The van der Waals surface area contributed by atoms with Crippen molar-refractivity contribution in [1.29, 1.82) is 0 Å². The number of carboxylic acids is 1. The minimum Gasteiger partial charge on any atom is -0.481 e. The van der Waals surface area contributed by atoms with Crippen molar-refractivity contribution in [1.82, 2.24) is 0 Å². The summed E-state index contributed by atoms with van der Waals surface area (Å²) >= 11 is 0. The Balaban J connectivity index is 4.57. The molecule has 0 heterocycles. The second-order valence-electron chi connectivity index (χ2n) is 3.65. The van der Waals surface area contributed by atoms with Gasteiger partial charge in [-0.2, -0.15) is 0 Å². The summed E-state index contributed by atoms with van der Waals surface area (Å²) in [5, 5.41) is 8.02. The molecule has 0 saturated heterocycles. The van der Waals surface area contributed by atoms with Gasteiger partial charge in [0.05, 0.1) is 13.3 Å². The number of rotatable bonds is 2. The van der Waals surface area contributed by atoms with Crippen molar-refractivity contribution in [3.8, 4) is 0 Å². The molecule has 0 aliphatic heterocycles. The molecule has 1 N–H and O–H groups in total. The van der Waals surface area contributed by atoms with E-state index in [2.05, 4.69) is 0 Å². The van der Waals surface area contributed by atoms with E-state index < -0.39 is 16.7 Å². The molecule has 0 bridgehead atoms. The molecule has 0 atom stereocenters. The zero-order chi connectivity index (χ0) is 8.58. The van der Waals surface area contributed by atoms with Crippen LogP contribution in [0, 0.1) is 5.41 Å². The number of carboxylic acid groups (broad SMARTS) is 1. The molecule has 0 aromatic heterocycles. The molecule has 0 amide bonds. The van der Waals surface area contributed by atoms with Crippen LogP contribution in [0.4, 0.5) is 0 Å². The molecule has 3 heteroatoms. The molecule has 0 fully saturated rings. The van der Waals surface area contributed by atoms with Crippen LogP contribution in [0.3, 0.4) is 0 Å². The zero-order valence-corrected chi connectivity index (χ0v) is 6.93. The molecule has 0 aromatic rings. The molecule has 2 nitrogen and oxygen atoms in total. The van der Waals surface area contributed by atoms with Crippen LogP contribution in [0.15, 0.2) is 0 Å². The minimum absolute atomic E-state index is 0.682. The molecule has 2 radical (unpaired) electrons. The lowest BCUT2D eigenvalue weighted by Crippen LogP contribution is -2.34. The molecule has 0 aromatic carbocycles. The number of carbonyl (C=O) groups is 1. The maximum Gasteiger partial charge on any atom is 0.308 e. The van der Waals surface area contributed by atoms with Crippen LogP contribution in [0.2, 0.25) is 5.31 Å². The summed E-state index contributed by atoms with van der Waals surface area (Å²) < 4.78 is 0. The molecule has 0 aliphatic rings. The van der Waals surface area contributed by atoms with Crippen LogP contribution in [0.1, 0.15) is 27.7 Å². The predicted octanol–water partition coefficient (Wildman–Crippen LogP) is 1.46. The smallest absolute Gasteiger partial charge is 0.308 e. The van der Waals surface area contributed by atoms with Gasteiger partial charge in [-0.25, -0.2) is 0 Å². The van der Waals surface area contributed by atoms with Crippen molar-refractivity contribution in [3.63, 3.8) is 0 Å². The highest BCUT2D eigenvalue weighted by Gasteiger charge is 2.38. The van der Waals surface area contributed by atoms with Crippen LogP contribution in [-0.2, 0) is 4.79 Å². The first-order valence-corrected chi connectivity index (χ1v) is 3.22. The average molecular weight is 140 g/mol. The van der Waals surface area contributed by atoms with E-state index in [0.29, 0.717) is 0 Å². The lowest BCUT2D eigenvalue weighted by molar-refractivity contribution is -0.148. The van der Waals surface area contributed by atoms with E-state index in [4.69, 9.17) is 13.0 Å². The van der Waals surface area contributed by atoms with Gasteiger partial charge in [0.15, 0.2) is 0 Å². The highest BCUT2D eigenvalue weighted by atomic mass is 16.4. The van der Waals surface area contributed by atoms with Crippen LogP contribution in [0.25, 0.3) is 0 Å². The van der Waals surface area contributed by atoms with E-state index in [-0.39, 0.29) is 0 Å². The SMILES string of the molecule is [B]C(C)(C)C(C)(C)C(=O)O. The van der Waals surface area contributed by atoms with E-state index in [1.807, 2.05) is 0 Å². The van der Waals surface area contributed by atoms with Crippen LogP contribution in [0.5, 0.6) is 0 Å². The Bertz CT molecular complexity index is 144. The maximum absolute atomic E-state index is 10.6. The third-order valence-corrected chi connectivity index (χ3v) is 2.15. The van der Waals surface area contributed by atoms with Gasteiger partial charge in [-0.1, -0.05) is 19.2 Å². The van der Waals surface area contributed by atoms with Gasteiger partial charge < -0.3 is 5.11 Å². The maximum atomic E-state index is 10.6. The summed E-state index contributed by atoms with van der Waals surface area (Å²) in [4.78, 5) is 10.6. The average Bonchev–Trinajstić information content (AvgIpc) is 1.62. The number of hydrogen-bond acceptors (Lipinski definition) is 1. The van der Waals surface area contributed by atoms with E-state index >= 15 is 0 Å². The molecular weight excluding hydrogens is 127 g/mol. The van der Waals surface area contributed by atoms with E-state index in [9.17, 15) is 4.79 Å². The van der Waals surface area contributed by atoms with Gasteiger partial charge in [0.25, 0.3) is 0 Å². The van der Waals surface area contributed by atoms with Gasteiger partial charge in [-0.3, -0.25) is 4.79 Å². The molecular formula is C7H13BO2. The van der Waals surface area contributed by atoms with Crippen molar-refractivity contribution in [2.75, 3.05) is 0 Å². The molecule has 10 heavy (non-hydrogen) atoms. The van der Waals surface area contributed by atoms with E-state index in [0.717, 1.165) is 0 Å². The molecule has 0 saturated carbocycles. The Morgan fingerprint density at radius 3 is 1.60 bits per heavy atom. The van der Waals surface area contributed by atoms with Crippen LogP contribution >= 0.6 is 0 Å². The Hall–Kier alpha value is -0.465. The van der Waals surface area contributed by atoms with Gasteiger partial charge in [0.2, 0.25) is 0 Å². The van der Waals surface area contributed by atoms with Crippen molar-refractivity contribution < 1.29 is 9.90 Å². The molecule has 0 spiro atoms. The fourth-order valence-corrected chi connectivity index (χ4v) is 0.276. The molecule has 0 aliphatic carbocycles. The second-order valence-corrected chi connectivity index (χ2v) is 3.65. The summed E-state index contributed by atoms with van der Waals surface area (Å²) in [5.74, 6) is -0.861. The summed E-state index contributed by atoms with van der Waals surface area (Å²) in [6.45, 7) is 6.66. The molecule has 56 valence electrons. The Morgan fingerprint density at radius 2 is 1.60 bits per heavy atom.